The van der Waals surface area contributed by atoms with Gasteiger partial charge in [0.15, 0.2) is 4.90 Å². The van der Waals surface area contributed by atoms with Crippen molar-refractivity contribution < 1.29 is 4.55 Å². The molecule has 1 atom stereocenters. The fraction of sp³-hybridized carbons (Fsp3) is 0.400. The van der Waals surface area contributed by atoms with Crippen molar-refractivity contribution in [3.63, 3.8) is 0 Å². The van der Waals surface area contributed by atoms with Crippen LogP contribution in [0.3, 0.4) is 0 Å². The highest BCUT2D eigenvalue weighted by Gasteiger charge is 2.09. The summed E-state index contributed by atoms with van der Waals surface area (Å²) in [5.74, 6) is 0.203. The molecule has 1 aromatic rings. The van der Waals surface area contributed by atoms with Gasteiger partial charge >= 0.3 is 0 Å². The zero-order chi connectivity index (χ0) is 10.6. The second kappa shape index (κ2) is 5.36. The van der Waals surface area contributed by atoms with E-state index in [4.69, 9.17) is 11.5 Å². The Kier molecular flexibility index (Phi) is 4.41. The van der Waals surface area contributed by atoms with Gasteiger partial charge in [0, 0.05) is 19.0 Å². The minimum absolute atomic E-state index is 0.203. The zero-order valence-corrected chi connectivity index (χ0v) is 9.09. The lowest BCUT2D eigenvalue weighted by molar-refractivity contribution is 0.600. The summed E-state index contributed by atoms with van der Waals surface area (Å²) in [6.07, 6.45) is 1.67. The van der Waals surface area contributed by atoms with Gasteiger partial charge < -0.3 is 16.0 Å². The molecule has 0 aliphatic carbocycles. The van der Waals surface area contributed by atoms with Crippen LogP contribution in [0.2, 0.25) is 0 Å². The van der Waals surface area contributed by atoms with Crippen molar-refractivity contribution in [2.75, 3.05) is 19.3 Å². The SMILES string of the molecule is C[S+]([O-])c1ccc(C(CN)CN)cc1. The van der Waals surface area contributed by atoms with E-state index >= 15 is 0 Å². The van der Waals surface area contributed by atoms with Crippen LogP contribution < -0.4 is 11.5 Å². The third-order valence-electron chi connectivity index (χ3n) is 2.25. The Hall–Kier alpha value is -0.550. The highest BCUT2D eigenvalue weighted by molar-refractivity contribution is 7.90. The molecule has 0 saturated heterocycles. The molecule has 4 N–H and O–H groups in total. The minimum Gasteiger partial charge on any atom is -0.612 e. The van der Waals surface area contributed by atoms with Gasteiger partial charge in [0.1, 0.15) is 6.26 Å². The Labute approximate surface area is 87.7 Å². The lowest BCUT2D eigenvalue weighted by Crippen LogP contribution is -2.21. The van der Waals surface area contributed by atoms with E-state index in [1.807, 2.05) is 24.3 Å². The van der Waals surface area contributed by atoms with Gasteiger partial charge in [0.2, 0.25) is 0 Å². The van der Waals surface area contributed by atoms with Gasteiger partial charge in [0.25, 0.3) is 0 Å². The van der Waals surface area contributed by atoms with Crippen molar-refractivity contribution >= 4 is 11.2 Å². The zero-order valence-electron chi connectivity index (χ0n) is 8.27. The molecule has 0 radical (unpaired) electrons. The molecule has 14 heavy (non-hydrogen) atoms. The fourth-order valence-electron chi connectivity index (χ4n) is 1.30. The highest BCUT2D eigenvalue weighted by Crippen LogP contribution is 2.16. The second-order valence-electron chi connectivity index (χ2n) is 3.19. The predicted octanol–water partition coefficient (Wildman–Crippen LogP) is 0.425. The smallest absolute Gasteiger partial charge is 0.152 e. The Morgan fingerprint density at radius 3 is 2.07 bits per heavy atom. The van der Waals surface area contributed by atoms with Crippen LogP contribution in [0.5, 0.6) is 0 Å². The van der Waals surface area contributed by atoms with Crippen LogP contribution in [0, 0.1) is 0 Å². The number of hydrogen-bond acceptors (Lipinski definition) is 3. The first-order chi connectivity index (χ1) is 6.69. The van der Waals surface area contributed by atoms with E-state index in [-0.39, 0.29) is 5.92 Å². The van der Waals surface area contributed by atoms with Crippen LogP contribution in [-0.4, -0.2) is 23.9 Å². The van der Waals surface area contributed by atoms with Crippen molar-refractivity contribution in [3.8, 4) is 0 Å². The van der Waals surface area contributed by atoms with E-state index in [0.717, 1.165) is 10.5 Å². The summed E-state index contributed by atoms with van der Waals surface area (Å²) in [4.78, 5) is 0.835. The summed E-state index contributed by atoms with van der Waals surface area (Å²) in [5.41, 5.74) is 12.3. The molecule has 0 aliphatic rings. The molecule has 1 unspecified atom stereocenters. The number of nitrogens with two attached hydrogens (primary N) is 2. The summed E-state index contributed by atoms with van der Waals surface area (Å²) in [6, 6.07) is 7.62. The van der Waals surface area contributed by atoms with E-state index in [0.29, 0.717) is 13.1 Å². The van der Waals surface area contributed by atoms with Crippen molar-refractivity contribution in [2.24, 2.45) is 11.5 Å². The van der Waals surface area contributed by atoms with Gasteiger partial charge in [-0.2, -0.15) is 0 Å². The maximum Gasteiger partial charge on any atom is 0.152 e. The molecule has 0 saturated carbocycles. The van der Waals surface area contributed by atoms with E-state index in [1.165, 1.54) is 0 Å². The topological polar surface area (TPSA) is 75.1 Å². The van der Waals surface area contributed by atoms with E-state index < -0.39 is 11.2 Å². The van der Waals surface area contributed by atoms with Crippen LogP contribution in [0.15, 0.2) is 29.2 Å². The van der Waals surface area contributed by atoms with Gasteiger partial charge in [-0.05, 0) is 28.9 Å². The second-order valence-corrected chi connectivity index (χ2v) is 4.57. The first-order valence-electron chi connectivity index (χ1n) is 4.52. The molecule has 0 aromatic heterocycles. The molecule has 0 bridgehead atoms. The Balaban J connectivity index is 2.81. The molecule has 0 amide bonds. The van der Waals surface area contributed by atoms with Gasteiger partial charge in [-0.15, -0.1) is 0 Å². The van der Waals surface area contributed by atoms with Crippen molar-refractivity contribution in [3.05, 3.63) is 29.8 Å². The lowest BCUT2D eigenvalue weighted by atomic mass is 10.00. The van der Waals surface area contributed by atoms with Gasteiger partial charge in [-0.3, -0.25) is 0 Å². The monoisotopic (exact) mass is 212 g/mol. The normalized spacial score (nSPS) is 13.2. The lowest BCUT2D eigenvalue weighted by Gasteiger charge is -2.12. The number of rotatable bonds is 4. The molecule has 0 aliphatic heterocycles. The quantitative estimate of drug-likeness (QED) is 0.710. The van der Waals surface area contributed by atoms with Gasteiger partial charge in [0.05, 0.1) is 0 Å². The fourth-order valence-corrected chi connectivity index (χ4v) is 1.82. The average Bonchev–Trinajstić information content (AvgIpc) is 2.20. The number of hydrogen-bond donors (Lipinski definition) is 2. The molecular formula is C10H16N2OS. The highest BCUT2D eigenvalue weighted by atomic mass is 32.2. The molecule has 3 nitrogen and oxygen atoms in total. The summed E-state index contributed by atoms with van der Waals surface area (Å²) in [5, 5.41) is 0. The van der Waals surface area contributed by atoms with E-state index in [9.17, 15) is 4.55 Å². The molecule has 1 aromatic carbocycles. The largest absolute Gasteiger partial charge is 0.612 e. The van der Waals surface area contributed by atoms with Crippen LogP contribution in [0.25, 0.3) is 0 Å². The summed E-state index contributed by atoms with van der Waals surface area (Å²) < 4.78 is 11.1. The molecule has 1 rings (SSSR count). The third-order valence-corrected chi connectivity index (χ3v) is 3.19. The first-order valence-corrected chi connectivity index (χ1v) is 6.08. The Morgan fingerprint density at radius 1 is 1.21 bits per heavy atom. The number of benzene rings is 1. The third kappa shape index (κ3) is 2.72. The minimum atomic E-state index is -0.917. The van der Waals surface area contributed by atoms with Crippen molar-refractivity contribution in [1.82, 2.24) is 0 Å². The van der Waals surface area contributed by atoms with Crippen LogP contribution in [-0.2, 0) is 11.2 Å². The Morgan fingerprint density at radius 2 is 1.71 bits per heavy atom. The maximum atomic E-state index is 11.1. The summed E-state index contributed by atoms with van der Waals surface area (Å²) in [6.45, 7) is 1.09. The Bertz CT molecular complexity index is 270. The molecule has 4 heteroatoms. The average molecular weight is 212 g/mol. The van der Waals surface area contributed by atoms with Crippen molar-refractivity contribution in [2.45, 2.75) is 10.8 Å². The summed E-state index contributed by atoms with van der Waals surface area (Å²) in [7, 11) is 0. The molecule has 0 heterocycles. The molecule has 0 fully saturated rings. The van der Waals surface area contributed by atoms with E-state index in [1.54, 1.807) is 6.26 Å². The maximum absolute atomic E-state index is 11.1. The van der Waals surface area contributed by atoms with Gasteiger partial charge in [-0.1, -0.05) is 12.1 Å². The van der Waals surface area contributed by atoms with Crippen LogP contribution >= 0.6 is 0 Å². The van der Waals surface area contributed by atoms with Crippen LogP contribution in [0.1, 0.15) is 11.5 Å². The van der Waals surface area contributed by atoms with Gasteiger partial charge in [-0.25, -0.2) is 0 Å². The standard InChI is InChI=1S/C10H16N2OS/c1-14(13)10-4-2-8(3-5-10)9(6-11)7-12/h2-5,9H,6-7,11-12H2,1H3. The summed E-state index contributed by atoms with van der Waals surface area (Å²) >= 11 is -0.917. The first kappa shape index (κ1) is 11.5. The van der Waals surface area contributed by atoms with E-state index in [2.05, 4.69) is 0 Å². The molecular weight excluding hydrogens is 196 g/mol. The molecule has 78 valence electrons. The molecule has 0 spiro atoms. The van der Waals surface area contributed by atoms with Crippen molar-refractivity contribution in [1.29, 1.82) is 0 Å². The van der Waals surface area contributed by atoms with Crippen LogP contribution in [0.4, 0.5) is 0 Å². The predicted molar refractivity (Wildman–Crippen MR) is 59.6 cm³/mol.